The Balaban J connectivity index is 2.41. The molecule has 1 aromatic heterocycles. The largest absolute Gasteiger partial charge is 0.488 e. The van der Waals surface area contributed by atoms with Gasteiger partial charge in [0.05, 0.1) is 11.8 Å². The van der Waals surface area contributed by atoms with Gasteiger partial charge in [-0.3, -0.25) is 4.98 Å². The topological polar surface area (TPSA) is 48.1 Å². The van der Waals surface area contributed by atoms with Crippen LogP contribution in [0, 0.1) is 0 Å². The van der Waals surface area contributed by atoms with Gasteiger partial charge in [-0.25, -0.2) is 0 Å². The maximum absolute atomic E-state index is 12.7. The Morgan fingerprint density at radius 1 is 1.44 bits per heavy atom. The van der Waals surface area contributed by atoms with E-state index in [9.17, 15) is 13.2 Å². The zero-order valence-corrected chi connectivity index (χ0v) is 8.42. The predicted molar refractivity (Wildman–Crippen MR) is 50.8 cm³/mol. The zero-order valence-electron chi connectivity index (χ0n) is 8.42. The quantitative estimate of drug-likeness (QED) is 0.868. The van der Waals surface area contributed by atoms with E-state index in [0.29, 0.717) is 0 Å². The molecule has 6 heteroatoms. The molecular weight excluding hydrogens is 221 g/mol. The van der Waals surface area contributed by atoms with Gasteiger partial charge in [0, 0.05) is 12.7 Å². The summed E-state index contributed by atoms with van der Waals surface area (Å²) in [4.78, 5) is 3.80. The number of alkyl halides is 3. The maximum atomic E-state index is 12.7. The number of pyridine rings is 1. The minimum absolute atomic E-state index is 0.0635. The summed E-state index contributed by atoms with van der Waals surface area (Å²) >= 11 is 0. The van der Waals surface area contributed by atoms with Crippen molar-refractivity contribution < 1.29 is 17.9 Å². The first kappa shape index (κ1) is 11.2. The molecule has 0 saturated heterocycles. The lowest BCUT2D eigenvalue weighted by molar-refractivity contribution is -0.139. The van der Waals surface area contributed by atoms with E-state index in [-0.39, 0.29) is 24.1 Å². The van der Waals surface area contributed by atoms with Crippen LogP contribution in [0.4, 0.5) is 13.2 Å². The molecular formula is C10H11F3N2O. The molecule has 0 atom stereocenters. The molecule has 2 N–H and O–H groups in total. The van der Waals surface area contributed by atoms with Gasteiger partial charge >= 0.3 is 6.18 Å². The van der Waals surface area contributed by atoms with Crippen molar-refractivity contribution >= 4 is 0 Å². The summed E-state index contributed by atoms with van der Waals surface area (Å²) < 4.78 is 43.3. The van der Waals surface area contributed by atoms with E-state index < -0.39 is 11.7 Å². The monoisotopic (exact) mass is 232 g/mol. The van der Waals surface area contributed by atoms with E-state index in [1.165, 1.54) is 0 Å². The molecule has 88 valence electrons. The summed E-state index contributed by atoms with van der Waals surface area (Å²) in [7, 11) is 0. The highest BCUT2D eigenvalue weighted by atomic mass is 19.4. The van der Waals surface area contributed by atoms with Gasteiger partial charge in [0.1, 0.15) is 5.56 Å². The molecule has 2 rings (SSSR count). The van der Waals surface area contributed by atoms with Crippen molar-refractivity contribution in [1.82, 2.24) is 4.98 Å². The van der Waals surface area contributed by atoms with Crippen LogP contribution in [0.5, 0.6) is 5.75 Å². The SMILES string of the molecule is NCc1nccc(C(F)(F)F)c1OC1CC1. The third-order valence-corrected chi connectivity index (χ3v) is 2.29. The fraction of sp³-hybridized carbons (Fsp3) is 0.500. The number of aromatic nitrogens is 1. The van der Waals surface area contributed by atoms with Crippen molar-refractivity contribution in [2.45, 2.75) is 31.7 Å². The third-order valence-electron chi connectivity index (χ3n) is 2.29. The lowest BCUT2D eigenvalue weighted by Gasteiger charge is -2.15. The van der Waals surface area contributed by atoms with Crippen molar-refractivity contribution in [2.75, 3.05) is 0 Å². The van der Waals surface area contributed by atoms with E-state index in [1.54, 1.807) is 0 Å². The lowest BCUT2D eigenvalue weighted by Crippen LogP contribution is -2.14. The summed E-state index contributed by atoms with van der Waals surface area (Å²) in [5.41, 5.74) is 4.71. The zero-order chi connectivity index (χ0) is 11.8. The maximum Gasteiger partial charge on any atom is 0.420 e. The first-order valence-electron chi connectivity index (χ1n) is 4.94. The Labute approximate surface area is 90.4 Å². The van der Waals surface area contributed by atoms with Crippen molar-refractivity contribution in [3.63, 3.8) is 0 Å². The van der Waals surface area contributed by atoms with Crippen LogP contribution in [0.1, 0.15) is 24.1 Å². The molecule has 0 amide bonds. The molecule has 1 saturated carbocycles. The molecule has 1 fully saturated rings. The number of ether oxygens (including phenoxy) is 1. The Bertz CT molecular complexity index is 388. The highest BCUT2D eigenvalue weighted by Crippen LogP contribution is 2.39. The Morgan fingerprint density at radius 3 is 2.62 bits per heavy atom. The van der Waals surface area contributed by atoms with Gasteiger partial charge in [0.2, 0.25) is 0 Å². The molecule has 3 nitrogen and oxygen atoms in total. The molecule has 0 aliphatic heterocycles. The summed E-state index contributed by atoms with van der Waals surface area (Å²) in [6, 6.07) is 0.914. The van der Waals surface area contributed by atoms with E-state index in [4.69, 9.17) is 10.5 Å². The first-order chi connectivity index (χ1) is 7.52. The molecule has 1 aliphatic carbocycles. The molecule has 0 unspecified atom stereocenters. The van der Waals surface area contributed by atoms with Crippen LogP contribution >= 0.6 is 0 Å². The van der Waals surface area contributed by atoms with Crippen molar-refractivity contribution in [2.24, 2.45) is 5.73 Å². The van der Waals surface area contributed by atoms with Crippen molar-refractivity contribution in [3.8, 4) is 5.75 Å². The standard InChI is InChI=1S/C10H11F3N2O/c11-10(12,13)7-3-4-15-8(5-14)9(7)16-6-1-2-6/h3-4,6H,1-2,5,14H2. The molecule has 1 aliphatic rings. The van der Waals surface area contributed by atoms with Gasteiger partial charge in [0.25, 0.3) is 0 Å². The molecule has 0 radical (unpaired) electrons. The first-order valence-corrected chi connectivity index (χ1v) is 4.94. The number of nitrogens with zero attached hydrogens (tertiary/aromatic N) is 1. The normalized spacial score (nSPS) is 16.2. The molecule has 0 bridgehead atoms. The van der Waals surface area contributed by atoms with Gasteiger partial charge in [-0.05, 0) is 18.9 Å². The molecule has 0 aromatic carbocycles. The third kappa shape index (κ3) is 2.27. The van der Waals surface area contributed by atoms with E-state index >= 15 is 0 Å². The van der Waals surface area contributed by atoms with Gasteiger partial charge in [0.15, 0.2) is 5.75 Å². The van der Waals surface area contributed by atoms with E-state index in [1.807, 2.05) is 0 Å². The Kier molecular flexibility index (Phi) is 2.75. The lowest BCUT2D eigenvalue weighted by atomic mass is 10.2. The van der Waals surface area contributed by atoms with E-state index in [2.05, 4.69) is 4.98 Å². The smallest absolute Gasteiger partial charge is 0.420 e. The van der Waals surface area contributed by atoms with Crippen LogP contribution < -0.4 is 10.5 Å². The van der Waals surface area contributed by atoms with Crippen molar-refractivity contribution in [3.05, 3.63) is 23.5 Å². The number of hydrogen-bond donors (Lipinski definition) is 1. The van der Waals surface area contributed by atoms with Crippen LogP contribution in [-0.4, -0.2) is 11.1 Å². The van der Waals surface area contributed by atoms with Crippen LogP contribution in [-0.2, 0) is 12.7 Å². The van der Waals surface area contributed by atoms with Gasteiger partial charge in [-0.2, -0.15) is 13.2 Å². The van der Waals surface area contributed by atoms with Gasteiger partial charge < -0.3 is 10.5 Å². The second-order valence-electron chi connectivity index (χ2n) is 3.65. The number of nitrogens with two attached hydrogens (primary N) is 1. The second-order valence-corrected chi connectivity index (χ2v) is 3.65. The fourth-order valence-corrected chi connectivity index (χ4v) is 1.34. The Morgan fingerprint density at radius 2 is 2.12 bits per heavy atom. The summed E-state index contributed by atoms with van der Waals surface area (Å²) in [6.07, 6.45) is -1.87. The minimum Gasteiger partial charge on any atom is -0.488 e. The average molecular weight is 232 g/mol. The van der Waals surface area contributed by atoms with Crippen LogP contribution in [0.15, 0.2) is 12.3 Å². The summed E-state index contributed by atoms with van der Waals surface area (Å²) in [6.45, 7) is -0.0635. The molecule has 16 heavy (non-hydrogen) atoms. The number of rotatable bonds is 3. The number of halogens is 3. The van der Waals surface area contributed by atoms with Crippen LogP contribution in [0.2, 0.25) is 0 Å². The highest BCUT2D eigenvalue weighted by molar-refractivity contribution is 5.39. The average Bonchev–Trinajstić information content (AvgIpc) is 3.00. The molecule has 1 aromatic rings. The van der Waals surface area contributed by atoms with Crippen molar-refractivity contribution in [1.29, 1.82) is 0 Å². The predicted octanol–water partition coefficient (Wildman–Crippen LogP) is 2.10. The summed E-state index contributed by atoms with van der Waals surface area (Å²) in [5.74, 6) is -0.208. The van der Waals surface area contributed by atoms with Gasteiger partial charge in [-0.1, -0.05) is 0 Å². The fourth-order valence-electron chi connectivity index (χ4n) is 1.34. The van der Waals surface area contributed by atoms with E-state index in [0.717, 1.165) is 25.1 Å². The van der Waals surface area contributed by atoms with Crippen LogP contribution in [0.3, 0.4) is 0 Å². The Hall–Kier alpha value is -1.30. The second kappa shape index (κ2) is 3.93. The summed E-state index contributed by atoms with van der Waals surface area (Å²) in [5, 5.41) is 0. The molecule has 0 spiro atoms. The minimum atomic E-state index is -4.43. The number of hydrogen-bond acceptors (Lipinski definition) is 3. The van der Waals surface area contributed by atoms with Crippen LogP contribution in [0.25, 0.3) is 0 Å². The molecule has 1 heterocycles. The highest BCUT2D eigenvalue weighted by Gasteiger charge is 2.37. The van der Waals surface area contributed by atoms with Gasteiger partial charge in [-0.15, -0.1) is 0 Å².